The van der Waals surface area contributed by atoms with Gasteiger partial charge in [0, 0.05) is 6.20 Å². The summed E-state index contributed by atoms with van der Waals surface area (Å²) in [4.78, 5) is 17.9. The van der Waals surface area contributed by atoms with E-state index < -0.39 is 5.97 Å². The van der Waals surface area contributed by atoms with Gasteiger partial charge in [0.15, 0.2) is 0 Å². The minimum atomic E-state index is -0.651. The fourth-order valence-electron chi connectivity index (χ4n) is 2.93. The summed E-state index contributed by atoms with van der Waals surface area (Å²) < 4.78 is 0. The van der Waals surface area contributed by atoms with Gasteiger partial charge < -0.3 is 5.11 Å². The van der Waals surface area contributed by atoms with E-state index in [-0.39, 0.29) is 5.92 Å². The number of aliphatic carboxylic acids is 1. The van der Waals surface area contributed by atoms with E-state index in [1.807, 2.05) is 12.3 Å². The molecule has 1 unspecified atom stereocenters. The molecule has 1 aliphatic heterocycles. The average Bonchev–Trinajstić information content (AvgIpc) is 2.42. The Morgan fingerprint density at radius 1 is 1.53 bits per heavy atom. The Morgan fingerprint density at radius 3 is 2.74 bits per heavy atom. The first-order valence-corrected chi connectivity index (χ1v) is 7.01. The molecule has 1 aromatic heterocycles. The van der Waals surface area contributed by atoms with Crippen LogP contribution in [0, 0.1) is 12.8 Å². The van der Waals surface area contributed by atoms with Crippen LogP contribution in [0.5, 0.6) is 0 Å². The summed E-state index contributed by atoms with van der Waals surface area (Å²) in [7, 11) is 0. The molecule has 19 heavy (non-hydrogen) atoms. The van der Waals surface area contributed by atoms with E-state index >= 15 is 0 Å². The predicted octanol–water partition coefficient (Wildman–Crippen LogP) is 2.64. The third-order valence-electron chi connectivity index (χ3n) is 4.07. The molecule has 0 saturated carbocycles. The highest BCUT2D eigenvalue weighted by Gasteiger charge is 2.29. The summed E-state index contributed by atoms with van der Waals surface area (Å²) >= 11 is 0. The number of piperidine rings is 1. The van der Waals surface area contributed by atoms with Gasteiger partial charge in [0.2, 0.25) is 0 Å². The molecule has 0 bridgehead atoms. The normalized spacial score (nSPS) is 19.3. The highest BCUT2D eigenvalue weighted by atomic mass is 16.4. The lowest BCUT2D eigenvalue weighted by molar-refractivity contribution is -0.143. The summed E-state index contributed by atoms with van der Waals surface area (Å²) in [5.74, 6) is -0.819. The van der Waals surface area contributed by atoms with Crippen molar-refractivity contribution >= 4 is 5.97 Å². The number of pyridine rings is 1. The molecular weight excluding hydrogens is 240 g/mol. The lowest BCUT2D eigenvalue weighted by Crippen LogP contribution is -2.39. The molecule has 1 saturated heterocycles. The summed E-state index contributed by atoms with van der Waals surface area (Å²) in [6.07, 6.45) is 4.35. The van der Waals surface area contributed by atoms with Gasteiger partial charge in [-0.2, -0.15) is 0 Å². The number of rotatable bonds is 4. The molecule has 4 nitrogen and oxygen atoms in total. The van der Waals surface area contributed by atoms with Crippen LogP contribution in [0.2, 0.25) is 0 Å². The fourth-order valence-corrected chi connectivity index (χ4v) is 2.93. The zero-order valence-corrected chi connectivity index (χ0v) is 11.7. The molecule has 1 aromatic rings. The predicted molar refractivity (Wildman–Crippen MR) is 73.9 cm³/mol. The van der Waals surface area contributed by atoms with Crippen LogP contribution in [-0.4, -0.2) is 34.0 Å². The van der Waals surface area contributed by atoms with Gasteiger partial charge in [0.1, 0.15) is 0 Å². The number of carboxylic acids is 1. The summed E-state index contributed by atoms with van der Waals surface area (Å²) in [6, 6.07) is 4.37. The SMILES string of the molecule is CCC(c1ncccc1C)N1CCC(C(=O)O)CC1. The maximum Gasteiger partial charge on any atom is 0.306 e. The van der Waals surface area contributed by atoms with Crippen molar-refractivity contribution in [3.63, 3.8) is 0 Å². The van der Waals surface area contributed by atoms with E-state index in [4.69, 9.17) is 5.11 Å². The van der Waals surface area contributed by atoms with Crippen molar-refractivity contribution in [3.8, 4) is 0 Å². The zero-order chi connectivity index (χ0) is 13.8. The maximum atomic E-state index is 11.0. The van der Waals surface area contributed by atoms with Gasteiger partial charge in [0.25, 0.3) is 0 Å². The van der Waals surface area contributed by atoms with Gasteiger partial charge in [-0.1, -0.05) is 13.0 Å². The first-order chi connectivity index (χ1) is 9.13. The van der Waals surface area contributed by atoms with Crippen LogP contribution < -0.4 is 0 Å². The average molecular weight is 262 g/mol. The molecule has 1 N–H and O–H groups in total. The molecular formula is C15H22N2O2. The molecule has 0 amide bonds. The van der Waals surface area contributed by atoms with Crippen molar-refractivity contribution in [2.45, 2.75) is 39.2 Å². The second-order valence-corrected chi connectivity index (χ2v) is 5.28. The van der Waals surface area contributed by atoms with Gasteiger partial charge in [-0.15, -0.1) is 0 Å². The lowest BCUT2D eigenvalue weighted by Gasteiger charge is -2.36. The van der Waals surface area contributed by atoms with Crippen LogP contribution in [0.4, 0.5) is 0 Å². The Kier molecular flexibility index (Phi) is 4.53. The van der Waals surface area contributed by atoms with Crippen LogP contribution in [0.1, 0.15) is 43.5 Å². The highest BCUT2D eigenvalue weighted by molar-refractivity contribution is 5.70. The van der Waals surface area contributed by atoms with Crippen molar-refractivity contribution < 1.29 is 9.90 Å². The van der Waals surface area contributed by atoms with E-state index in [0.29, 0.717) is 6.04 Å². The number of carbonyl (C=O) groups is 1. The molecule has 1 fully saturated rings. The Balaban J connectivity index is 2.08. The molecule has 2 rings (SSSR count). The number of carboxylic acid groups (broad SMARTS) is 1. The minimum Gasteiger partial charge on any atom is -0.481 e. The number of hydrogen-bond acceptors (Lipinski definition) is 3. The number of aryl methyl sites for hydroxylation is 1. The molecule has 104 valence electrons. The van der Waals surface area contributed by atoms with Crippen LogP contribution >= 0.6 is 0 Å². The first-order valence-electron chi connectivity index (χ1n) is 7.01. The quantitative estimate of drug-likeness (QED) is 0.906. The topological polar surface area (TPSA) is 53.4 Å². The van der Waals surface area contributed by atoms with Gasteiger partial charge in [-0.3, -0.25) is 14.7 Å². The van der Waals surface area contributed by atoms with E-state index in [1.54, 1.807) is 0 Å². The zero-order valence-electron chi connectivity index (χ0n) is 11.7. The third kappa shape index (κ3) is 3.13. The highest BCUT2D eigenvalue weighted by Crippen LogP contribution is 2.29. The lowest BCUT2D eigenvalue weighted by atomic mass is 9.94. The van der Waals surface area contributed by atoms with E-state index in [2.05, 4.69) is 29.8 Å². The van der Waals surface area contributed by atoms with Gasteiger partial charge in [-0.25, -0.2) is 0 Å². The molecule has 2 heterocycles. The van der Waals surface area contributed by atoms with Crippen LogP contribution in [0.3, 0.4) is 0 Å². The fraction of sp³-hybridized carbons (Fsp3) is 0.600. The first kappa shape index (κ1) is 14.0. The second kappa shape index (κ2) is 6.15. The molecule has 0 radical (unpaired) electrons. The molecule has 4 heteroatoms. The van der Waals surface area contributed by atoms with Crippen molar-refractivity contribution in [2.24, 2.45) is 5.92 Å². The monoisotopic (exact) mass is 262 g/mol. The maximum absolute atomic E-state index is 11.0. The number of nitrogens with zero attached hydrogens (tertiary/aromatic N) is 2. The molecule has 1 atom stereocenters. The molecule has 0 aromatic carbocycles. The second-order valence-electron chi connectivity index (χ2n) is 5.28. The standard InChI is InChI=1S/C15H22N2O2/c1-3-13(14-11(2)5-4-8-16-14)17-9-6-12(7-10-17)15(18)19/h4-5,8,12-13H,3,6-7,9-10H2,1-2H3,(H,18,19). The molecule has 1 aliphatic rings. The van der Waals surface area contributed by atoms with Crippen molar-refractivity contribution in [3.05, 3.63) is 29.6 Å². The Morgan fingerprint density at radius 2 is 2.21 bits per heavy atom. The van der Waals surface area contributed by atoms with Gasteiger partial charge in [0.05, 0.1) is 17.7 Å². The van der Waals surface area contributed by atoms with E-state index in [0.717, 1.165) is 38.0 Å². The van der Waals surface area contributed by atoms with E-state index in [1.165, 1.54) is 5.56 Å². The Labute approximate surface area is 114 Å². The summed E-state index contributed by atoms with van der Waals surface area (Å²) in [5, 5.41) is 9.05. The number of likely N-dealkylation sites (tertiary alicyclic amines) is 1. The third-order valence-corrected chi connectivity index (χ3v) is 4.07. The van der Waals surface area contributed by atoms with Crippen molar-refractivity contribution in [1.82, 2.24) is 9.88 Å². The number of hydrogen-bond donors (Lipinski definition) is 1. The smallest absolute Gasteiger partial charge is 0.306 e. The minimum absolute atomic E-state index is 0.168. The van der Waals surface area contributed by atoms with Gasteiger partial charge >= 0.3 is 5.97 Å². The Hall–Kier alpha value is -1.42. The van der Waals surface area contributed by atoms with Crippen molar-refractivity contribution in [2.75, 3.05) is 13.1 Å². The van der Waals surface area contributed by atoms with Gasteiger partial charge in [-0.05, 0) is 50.9 Å². The van der Waals surface area contributed by atoms with Crippen molar-refractivity contribution in [1.29, 1.82) is 0 Å². The summed E-state index contributed by atoms with van der Waals surface area (Å²) in [6.45, 7) is 5.97. The van der Waals surface area contributed by atoms with Crippen LogP contribution in [0.15, 0.2) is 18.3 Å². The molecule has 0 aliphatic carbocycles. The Bertz CT molecular complexity index is 440. The van der Waals surface area contributed by atoms with Crippen LogP contribution in [-0.2, 0) is 4.79 Å². The van der Waals surface area contributed by atoms with Crippen LogP contribution in [0.25, 0.3) is 0 Å². The molecule has 0 spiro atoms. The number of aromatic nitrogens is 1. The summed E-state index contributed by atoms with van der Waals surface area (Å²) in [5.41, 5.74) is 2.36. The van der Waals surface area contributed by atoms with E-state index in [9.17, 15) is 4.79 Å². The largest absolute Gasteiger partial charge is 0.481 e.